The number of ether oxygens (including phenoxy) is 2. The monoisotopic (exact) mass is 763 g/mol. The van der Waals surface area contributed by atoms with Crippen molar-refractivity contribution in [2.24, 2.45) is 0 Å². The quantitative estimate of drug-likeness (QED) is 0.146. The Morgan fingerprint density at radius 1 is 1.04 bits per heavy atom. The number of benzene rings is 3. The number of halogens is 8. The summed E-state index contributed by atoms with van der Waals surface area (Å²) in [6.45, 7) is 2.87. The third-order valence-corrected chi connectivity index (χ3v) is 9.35. The van der Waals surface area contributed by atoms with Crippen LogP contribution in [0.5, 0.6) is 11.5 Å². The number of nitrogens with zero attached hydrogens (tertiary/aromatic N) is 2. The van der Waals surface area contributed by atoms with Crippen molar-refractivity contribution in [2.75, 3.05) is 26.2 Å². The van der Waals surface area contributed by atoms with Crippen LogP contribution in [0.1, 0.15) is 65.2 Å². The lowest BCUT2D eigenvalue weighted by Crippen LogP contribution is -2.49. The van der Waals surface area contributed by atoms with Crippen LogP contribution in [0.4, 0.5) is 35.1 Å². The molecule has 4 aromatic rings. The van der Waals surface area contributed by atoms with Crippen LogP contribution in [0.25, 0.3) is 11.1 Å². The highest BCUT2D eigenvalue weighted by Gasteiger charge is 2.38. The third-order valence-electron chi connectivity index (χ3n) is 9.35. The van der Waals surface area contributed by atoms with Gasteiger partial charge in [-0.3, -0.25) is 23.9 Å². The first-order chi connectivity index (χ1) is 25.5. The van der Waals surface area contributed by atoms with Gasteiger partial charge in [-0.05, 0) is 73.4 Å². The fraction of sp³-hybridized carbons (Fsp3) is 0.342. The molecule has 16 heteroatoms. The predicted molar refractivity (Wildman–Crippen MR) is 179 cm³/mol. The molecule has 1 aromatic heterocycles. The normalized spacial score (nSPS) is 17.7. The standard InChI is InChI=1S/C38H33F8N3O5/c1-3-53-32(51)15-29-25-11-21(12-26(34(25)41)36(42)43)33-19(2)5-4-6-30(33)54-23-7-8-28(40)24(13-23)35(37(52)47-29)49-16-20(9-10-48-17-22(39)18-48)27(14-31(49)50)38(44,45)46/h4-8,11-14,16,22,29,35-36H,3,9-10,15,17-18H2,1-2H3,(H,47,52)/t29-,35+/m0/s1. The smallest absolute Gasteiger partial charge is 0.416 e. The van der Waals surface area contributed by atoms with E-state index in [1.807, 2.05) is 0 Å². The van der Waals surface area contributed by atoms with Crippen LogP contribution >= 0.6 is 0 Å². The van der Waals surface area contributed by atoms with Crippen molar-refractivity contribution in [1.82, 2.24) is 14.8 Å². The number of fused-ring (bicyclic) bond motifs is 6. The molecule has 2 atom stereocenters. The molecule has 3 aromatic carbocycles. The molecule has 1 saturated heterocycles. The number of alkyl halides is 6. The predicted octanol–water partition coefficient (Wildman–Crippen LogP) is 7.76. The van der Waals surface area contributed by atoms with E-state index < -0.39 is 94.2 Å². The van der Waals surface area contributed by atoms with E-state index in [-0.39, 0.29) is 61.4 Å². The van der Waals surface area contributed by atoms with E-state index in [4.69, 9.17) is 9.47 Å². The summed E-state index contributed by atoms with van der Waals surface area (Å²) in [7, 11) is 0. The average molecular weight is 764 g/mol. The van der Waals surface area contributed by atoms with Crippen molar-refractivity contribution in [2.45, 2.75) is 57.5 Å². The Morgan fingerprint density at radius 2 is 1.78 bits per heavy atom. The Bertz CT molecular complexity index is 2150. The van der Waals surface area contributed by atoms with Crippen LogP contribution in [-0.4, -0.2) is 53.8 Å². The van der Waals surface area contributed by atoms with Crippen LogP contribution in [0.2, 0.25) is 0 Å². The van der Waals surface area contributed by atoms with Gasteiger partial charge in [0.25, 0.3) is 12.0 Å². The molecule has 2 aliphatic heterocycles. The number of carbonyl (C=O) groups excluding carboxylic acids is 2. The number of aryl methyl sites for hydroxylation is 1. The zero-order chi connectivity index (χ0) is 39.1. The number of likely N-dealkylation sites (tertiary alicyclic amines) is 1. The van der Waals surface area contributed by atoms with Gasteiger partial charge in [-0.25, -0.2) is 22.0 Å². The topological polar surface area (TPSA) is 89.9 Å². The van der Waals surface area contributed by atoms with Crippen molar-refractivity contribution >= 4 is 11.9 Å². The Hall–Kier alpha value is -5.25. The Labute approximate surface area is 303 Å². The lowest BCUT2D eigenvalue weighted by atomic mass is 9.91. The molecule has 1 N–H and O–H groups in total. The minimum absolute atomic E-state index is 0.0143. The highest BCUT2D eigenvalue weighted by molar-refractivity contribution is 5.85. The number of rotatable bonds is 8. The van der Waals surface area contributed by atoms with Crippen molar-refractivity contribution < 1.29 is 54.2 Å². The molecule has 0 radical (unpaired) electrons. The number of amides is 1. The van der Waals surface area contributed by atoms with Gasteiger partial charge < -0.3 is 14.8 Å². The summed E-state index contributed by atoms with van der Waals surface area (Å²) in [5.74, 6) is -4.96. The molecule has 0 aliphatic carbocycles. The summed E-state index contributed by atoms with van der Waals surface area (Å²) in [5, 5.41) is 2.38. The van der Waals surface area contributed by atoms with Gasteiger partial charge in [0.15, 0.2) is 0 Å². The first-order valence-electron chi connectivity index (χ1n) is 16.9. The molecule has 2 aliphatic rings. The molecule has 286 valence electrons. The van der Waals surface area contributed by atoms with Crippen LogP contribution in [-0.2, 0) is 26.9 Å². The number of hydrogen-bond acceptors (Lipinski definition) is 6. The zero-order valence-electron chi connectivity index (χ0n) is 28.8. The first-order valence-corrected chi connectivity index (χ1v) is 16.9. The second-order valence-corrected chi connectivity index (χ2v) is 13.0. The summed E-state index contributed by atoms with van der Waals surface area (Å²) in [4.78, 5) is 42.4. The minimum atomic E-state index is -5.03. The largest absolute Gasteiger partial charge is 0.466 e. The first kappa shape index (κ1) is 38.5. The van der Waals surface area contributed by atoms with Gasteiger partial charge in [0.1, 0.15) is 35.3 Å². The third kappa shape index (κ3) is 7.84. The summed E-state index contributed by atoms with van der Waals surface area (Å²) >= 11 is 0. The maximum Gasteiger partial charge on any atom is 0.416 e. The van der Waals surface area contributed by atoms with Crippen molar-refractivity contribution in [3.63, 3.8) is 0 Å². The fourth-order valence-electron chi connectivity index (χ4n) is 6.76. The molecule has 1 fully saturated rings. The van der Waals surface area contributed by atoms with E-state index in [9.17, 15) is 40.7 Å². The molecule has 6 rings (SSSR count). The van der Waals surface area contributed by atoms with Crippen LogP contribution in [0.15, 0.2) is 65.6 Å². The van der Waals surface area contributed by atoms with Crippen molar-refractivity contribution in [3.05, 3.63) is 116 Å². The second-order valence-electron chi connectivity index (χ2n) is 13.0. The minimum Gasteiger partial charge on any atom is -0.466 e. The Kier molecular flexibility index (Phi) is 10.9. The summed E-state index contributed by atoms with van der Waals surface area (Å²) in [6.07, 6.45) is -9.98. The summed E-state index contributed by atoms with van der Waals surface area (Å²) < 4.78 is 129. The van der Waals surface area contributed by atoms with Crippen LogP contribution < -0.4 is 15.6 Å². The number of pyridine rings is 1. The summed E-state index contributed by atoms with van der Waals surface area (Å²) in [6, 6.07) is 6.19. The van der Waals surface area contributed by atoms with E-state index in [0.29, 0.717) is 10.1 Å². The molecular weight excluding hydrogens is 730 g/mol. The van der Waals surface area contributed by atoms with Gasteiger partial charge in [-0.15, -0.1) is 0 Å². The average Bonchev–Trinajstić information content (AvgIpc) is 3.08. The molecule has 1 amide bonds. The van der Waals surface area contributed by atoms with E-state index in [1.54, 1.807) is 24.0 Å². The number of esters is 1. The molecule has 54 heavy (non-hydrogen) atoms. The molecule has 8 nitrogen and oxygen atoms in total. The number of carbonyl (C=O) groups is 2. The van der Waals surface area contributed by atoms with Gasteiger partial charge in [-0.1, -0.05) is 12.1 Å². The highest BCUT2D eigenvalue weighted by atomic mass is 19.4. The maximum atomic E-state index is 16.1. The zero-order valence-corrected chi connectivity index (χ0v) is 28.8. The van der Waals surface area contributed by atoms with E-state index in [2.05, 4.69) is 5.32 Å². The number of aromatic nitrogens is 1. The molecule has 0 unspecified atom stereocenters. The lowest BCUT2D eigenvalue weighted by Gasteiger charge is -2.34. The Morgan fingerprint density at radius 3 is 2.44 bits per heavy atom. The second kappa shape index (κ2) is 15.2. The van der Waals surface area contributed by atoms with Crippen molar-refractivity contribution in [3.8, 4) is 22.6 Å². The van der Waals surface area contributed by atoms with Gasteiger partial charge in [0.05, 0.1) is 30.2 Å². The highest BCUT2D eigenvalue weighted by Crippen LogP contribution is 2.42. The molecule has 0 saturated carbocycles. The SMILES string of the molecule is CCOC(=O)C[C@@H]1NC(=O)[C@H](n2cc(CCN3CC(F)C3)c(C(F)(F)F)cc2=O)c2cc(ccc2F)Oc2cccc(C)c2-c2cc(C(F)F)c(F)c1c2. The number of hydrogen-bond donors (Lipinski definition) is 1. The fourth-order valence-corrected chi connectivity index (χ4v) is 6.76. The van der Waals surface area contributed by atoms with Gasteiger partial charge in [0.2, 0.25) is 5.91 Å². The van der Waals surface area contributed by atoms with Crippen LogP contribution in [0.3, 0.4) is 0 Å². The molecule has 4 bridgehead atoms. The number of nitrogens with one attached hydrogen (secondary N) is 1. The maximum absolute atomic E-state index is 16.1. The van der Waals surface area contributed by atoms with Crippen LogP contribution in [0, 0.1) is 18.6 Å². The molecule has 0 spiro atoms. The molecule has 3 heterocycles. The van der Waals surface area contributed by atoms with E-state index in [1.165, 1.54) is 19.1 Å². The van der Waals surface area contributed by atoms with Gasteiger partial charge in [0, 0.05) is 48.6 Å². The lowest BCUT2D eigenvalue weighted by molar-refractivity contribution is -0.144. The van der Waals surface area contributed by atoms with E-state index >= 15 is 8.78 Å². The van der Waals surface area contributed by atoms with E-state index in [0.717, 1.165) is 30.5 Å². The van der Waals surface area contributed by atoms with Gasteiger partial charge >= 0.3 is 12.1 Å². The van der Waals surface area contributed by atoms with Crippen molar-refractivity contribution in [1.29, 1.82) is 0 Å². The Balaban J connectivity index is 1.60. The van der Waals surface area contributed by atoms with Gasteiger partial charge in [-0.2, -0.15) is 13.2 Å². The molecular formula is C38H33F8N3O5. The summed E-state index contributed by atoms with van der Waals surface area (Å²) in [5.41, 5.74) is -4.71.